The van der Waals surface area contributed by atoms with Gasteiger partial charge in [-0.05, 0) is 18.4 Å². The highest BCUT2D eigenvalue weighted by atomic mass is 32.2. The van der Waals surface area contributed by atoms with Crippen LogP contribution >= 0.6 is 0 Å². The Morgan fingerprint density at radius 2 is 1.84 bits per heavy atom. The van der Waals surface area contributed by atoms with E-state index in [0.717, 1.165) is 39.0 Å². The van der Waals surface area contributed by atoms with Gasteiger partial charge in [0.1, 0.15) is 0 Å². The molecule has 3 fully saturated rings. The molecule has 2 aromatic rings. The van der Waals surface area contributed by atoms with E-state index in [-0.39, 0.29) is 22.3 Å². The van der Waals surface area contributed by atoms with Gasteiger partial charge in [0.15, 0.2) is 5.03 Å². The van der Waals surface area contributed by atoms with Crippen LogP contribution in [0.15, 0.2) is 47.9 Å². The third kappa shape index (κ3) is 3.68. The van der Waals surface area contributed by atoms with Crippen molar-refractivity contribution >= 4 is 15.9 Å². The summed E-state index contributed by atoms with van der Waals surface area (Å²) in [6, 6.07) is 10.2. The second kappa shape index (κ2) is 7.72. The minimum Gasteiger partial charge on any atom is -0.342 e. The van der Waals surface area contributed by atoms with Crippen molar-refractivity contribution in [3.8, 4) is 0 Å². The van der Waals surface area contributed by atoms with Crippen LogP contribution in [0, 0.1) is 11.3 Å². The number of hydrogen-bond acceptors (Lipinski definition) is 5. The fraction of sp³-hybridized carbons (Fsp3) is 0.545. The second-order valence-electron chi connectivity index (χ2n) is 9.25. The normalized spacial score (nSPS) is 24.0. The summed E-state index contributed by atoms with van der Waals surface area (Å²) in [4.78, 5) is 21.7. The predicted octanol–water partition coefficient (Wildman–Crippen LogP) is 1.17. The molecule has 3 aliphatic rings. The average Bonchev–Trinajstić information content (AvgIpc) is 3.46. The van der Waals surface area contributed by atoms with Crippen LogP contribution in [0.25, 0.3) is 0 Å². The van der Waals surface area contributed by atoms with Crippen LogP contribution in [0.2, 0.25) is 0 Å². The van der Waals surface area contributed by atoms with Gasteiger partial charge in [-0.1, -0.05) is 30.3 Å². The molecule has 0 saturated carbocycles. The van der Waals surface area contributed by atoms with Gasteiger partial charge in [0.25, 0.3) is 10.0 Å². The first-order valence-corrected chi connectivity index (χ1v) is 12.3. The van der Waals surface area contributed by atoms with E-state index in [2.05, 4.69) is 22.0 Å². The summed E-state index contributed by atoms with van der Waals surface area (Å²) in [5.74, 6) is 0.0347. The highest BCUT2D eigenvalue weighted by molar-refractivity contribution is 7.89. The SMILES string of the molecule is Cn1cnc(S(=O)(=O)N2CC3(CN(Cc4ccccc4)CC3C(=O)N3CCCC3)C2)c1. The summed E-state index contributed by atoms with van der Waals surface area (Å²) < 4.78 is 29.2. The van der Waals surface area contributed by atoms with E-state index in [1.165, 1.54) is 22.4 Å². The van der Waals surface area contributed by atoms with E-state index < -0.39 is 10.0 Å². The van der Waals surface area contributed by atoms with Gasteiger partial charge in [-0.3, -0.25) is 9.69 Å². The smallest absolute Gasteiger partial charge is 0.262 e. The number of aromatic nitrogens is 2. The fourth-order valence-electron chi connectivity index (χ4n) is 5.33. The Morgan fingerprint density at radius 1 is 1.13 bits per heavy atom. The van der Waals surface area contributed by atoms with E-state index in [4.69, 9.17) is 0 Å². The topological polar surface area (TPSA) is 78.8 Å². The molecule has 1 unspecified atom stereocenters. The van der Waals surface area contributed by atoms with Crippen LogP contribution < -0.4 is 0 Å². The van der Waals surface area contributed by atoms with E-state index >= 15 is 0 Å². The maximum Gasteiger partial charge on any atom is 0.262 e. The zero-order valence-corrected chi connectivity index (χ0v) is 18.7. The summed E-state index contributed by atoms with van der Waals surface area (Å²) in [6.07, 6.45) is 5.14. The van der Waals surface area contributed by atoms with Gasteiger partial charge in [0.2, 0.25) is 5.91 Å². The molecule has 3 aliphatic heterocycles. The molecule has 8 nitrogen and oxygen atoms in total. The predicted molar refractivity (Wildman–Crippen MR) is 115 cm³/mol. The zero-order valence-electron chi connectivity index (χ0n) is 17.9. The summed E-state index contributed by atoms with van der Waals surface area (Å²) in [5.41, 5.74) is 0.889. The van der Waals surface area contributed by atoms with Crippen molar-refractivity contribution in [2.24, 2.45) is 18.4 Å². The zero-order chi connectivity index (χ0) is 21.6. The standard InChI is InChI=1S/C22H29N5O3S/c1-24-13-20(23-17-24)31(29,30)27-15-22(16-27)14-25(11-18-7-3-2-4-8-18)12-19(22)21(28)26-9-5-6-10-26/h2-4,7-8,13,17,19H,5-6,9-12,14-16H2,1H3. The van der Waals surface area contributed by atoms with Crippen molar-refractivity contribution in [2.45, 2.75) is 24.4 Å². The van der Waals surface area contributed by atoms with Crippen molar-refractivity contribution in [2.75, 3.05) is 39.3 Å². The number of likely N-dealkylation sites (tertiary alicyclic amines) is 2. The molecule has 1 spiro atoms. The number of benzene rings is 1. The van der Waals surface area contributed by atoms with Gasteiger partial charge in [-0.15, -0.1) is 0 Å². The van der Waals surface area contributed by atoms with Crippen LogP contribution in [0.4, 0.5) is 0 Å². The van der Waals surface area contributed by atoms with Crippen LogP contribution in [-0.4, -0.2) is 77.2 Å². The van der Waals surface area contributed by atoms with Crippen molar-refractivity contribution in [1.29, 1.82) is 0 Å². The minimum atomic E-state index is -3.63. The quantitative estimate of drug-likeness (QED) is 0.693. The van der Waals surface area contributed by atoms with Crippen LogP contribution in [0.5, 0.6) is 0 Å². The van der Waals surface area contributed by atoms with Crippen LogP contribution in [0.3, 0.4) is 0 Å². The van der Waals surface area contributed by atoms with E-state index in [1.54, 1.807) is 11.6 Å². The molecule has 0 bridgehead atoms. The van der Waals surface area contributed by atoms with Crippen molar-refractivity contribution in [3.63, 3.8) is 0 Å². The molecular formula is C22H29N5O3S. The Balaban J connectivity index is 1.36. The van der Waals surface area contributed by atoms with Gasteiger partial charge < -0.3 is 9.47 Å². The largest absolute Gasteiger partial charge is 0.342 e. The Bertz CT molecular complexity index is 1060. The number of aryl methyl sites for hydroxylation is 1. The molecule has 5 rings (SSSR count). The number of carbonyl (C=O) groups excluding carboxylic acids is 1. The van der Waals surface area contributed by atoms with E-state index in [9.17, 15) is 13.2 Å². The van der Waals surface area contributed by atoms with Gasteiger partial charge in [0, 0.05) is 64.5 Å². The molecule has 3 saturated heterocycles. The molecule has 31 heavy (non-hydrogen) atoms. The maximum absolute atomic E-state index is 13.4. The lowest BCUT2D eigenvalue weighted by Gasteiger charge is -2.49. The fourth-order valence-corrected chi connectivity index (χ4v) is 6.93. The molecule has 1 aromatic heterocycles. The number of amides is 1. The Kier molecular flexibility index (Phi) is 5.15. The molecule has 1 atom stereocenters. The monoisotopic (exact) mass is 443 g/mol. The maximum atomic E-state index is 13.4. The van der Waals surface area contributed by atoms with E-state index in [1.807, 2.05) is 23.1 Å². The number of sulfonamides is 1. The molecule has 0 radical (unpaired) electrons. The summed E-state index contributed by atoms with van der Waals surface area (Å²) in [6.45, 7) is 4.59. The molecule has 1 amide bonds. The van der Waals surface area contributed by atoms with Gasteiger partial charge >= 0.3 is 0 Å². The second-order valence-corrected chi connectivity index (χ2v) is 11.1. The van der Waals surface area contributed by atoms with Gasteiger partial charge in [0.05, 0.1) is 12.2 Å². The molecule has 1 aromatic carbocycles. The lowest BCUT2D eigenvalue weighted by atomic mass is 9.72. The third-order valence-electron chi connectivity index (χ3n) is 6.95. The first-order valence-electron chi connectivity index (χ1n) is 10.9. The molecule has 166 valence electrons. The molecule has 9 heteroatoms. The molecular weight excluding hydrogens is 414 g/mol. The van der Waals surface area contributed by atoms with Gasteiger partial charge in [-0.2, -0.15) is 4.31 Å². The first kappa shape index (κ1) is 20.7. The first-order chi connectivity index (χ1) is 14.9. The number of rotatable bonds is 5. The lowest BCUT2D eigenvalue weighted by Crippen LogP contribution is -2.64. The number of hydrogen-bond donors (Lipinski definition) is 0. The minimum absolute atomic E-state index is 0.0754. The number of carbonyl (C=O) groups is 1. The number of nitrogens with zero attached hydrogens (tertiary/aromatic N) is 5. The Morgan fingerprint density at radius 3 is 2.48 bits per heavy atom. The van der Waals surface area contributed by atoms with Crippen molar-refractivity contribution in [3.05, 3.63) is 48.4 Å². The highest BCUT2D eigenvalue weighted by Crippen LogP contribution is 2.47. The summed E-state index contributed by atoms with van der Waals surface area (Å²) in [7, 11) is -1.87. The number of imidazole rings is 1. The summed E-state index contributed by atoms with van der Waals surface area (Å²) >= 11 is 0. The van der Waals surface area contributed by atoms with Crippen LogP contribution in [-0.2, 0) is 28.4 Å². The summed E-state index contributed by atoms with van der Waals surface area (Å²) in [5, 5.41) is 0.0754. The van der Waals surface area contributed by atoms with E-state index in [0.29, 0.717) is 19.6 Å². The Labute approximate surface area is 183 Å². The van der Waals surface area contributed by atoms with Crippen LogP contribution in [0.1, 0.15) is 18.4 Å². The molecule has 0 aliphatic carbocycles. The van der Waals surface area contributed by atoms with Gasteiger partial charge in [-0.25, -0.2) is 13.4 Å². The molecule has 4 heterocycles. The lowest BCUT2D eigenvalue weighted by molar-refractivity contribution is -0.140. The Hall–Kier alpha value is -2.23. The third-order valence-corrected chi connectivity index (χ3v) is 8.63. The highest BCUT2D eigenvalue weighted by Gasteiger charge is 2.60. The average molecular weight is 444 g/mol. The molecule has 0 N–H and O–H groups in total. The van der Waals surface area contributed by atoms with Crippen molar-refractivity contribution in [1.82, 2.24) is 23.7 Å². The van der Waals surface area contributed by atoms with Crippen molar-refractivity contribution < 1.29 is 13.2 Å².